The standard InChI is InChI=1S/C30H43NO4.C28H49NO2.C26H45NO2.C22H42O4.C20H41NO2.CH4/c1-2-3-4-8-13-22-18-19-23(14-9-6-5-7-10-17-26(33)31-20-21-32)28-27(22)29(34)24-15-11-12-16-25(24)30(28)35;1-4-5-6-7-8-10-13-16-26(27-22-24(2)21-25(3)23-27)17-14-11-9-12-15-18-28(31)29-19-20-30;1-2-3-4-5-6-8-12-17-24(25-19-14-11-15-20-25)18-13-9-7-10-16-21-26(29)27-22-23-28;1-2-3-4-5-6-7-8-9-10-11-12-13-14-15-16-17-22(24)26-21-20-25-19-18-23;1-2-3-4-5-6-7-8-9-10-11-12-13-14-15-16-17-20(23)21-18-19-22;/h11-12,15-16,18-19,22-23,27-28,32H,2-10,13-14,17,20-21H2,1H3,(H,31,33);21-23,26,30H,4-20H2,1-3H3,(H,29,31);11,14-15,19-20,24,28H,2-10,12-13,16-18,21-23H2,1H3,(H,27,29);9-10,23H,2-8,11-21H2,1H3;22H,2-19H2,1H3,(H,21,23);1H4/b;;;10-9-;;. The monoisotopic (exact) mass is 2030 g/mol. The van der Waals surface area contributed by atoms with Gasteiger partial charge in [-0.25, -0.2) is 0 Å². The normalized spacial score (nSPS) is 14.3. The molecule has 0 saturated carbocycles. The first-order chi connectivity index (χ1) is 70.5. The quantitative estimate of drug-likeness (QED) is 0.0144. The Morgan fingerprint density at radius 2 is 0.572 bits per heavy atom. The van der Waals surface area contributed by atoms with Crippen molar-refractivity contribution in [2.75, 3.05) is 79.0 Å². The summed E-state index contributed by atoms with van der Waals surface area (Å²) >= 11 is 0. The molecule has 0 spiro atoms. The van der Waals surface area contributed by atoms with Crippen LogP contribution in [0.25, 0.3) is 0 Å². The van der Waals surface area contributed by atoms with E-state index in [1.165, 1.54) is 344 Å². The maximum Gasteiger partial charge on any atom is 0.305 e. The molecule has 0 radical (unpaired) electrons. The number of amides is 4. The van der Waals surface area contributed by atoms with E-state index in [0.717, 1.165) is 103 Å². The molecule has 0 saturated heterocycles. The summed E-state index contributed by atoms with van der Waals surface area (Å²) in [5, 5.41) is 54.2. The van der Waals surface area contributed by atoms with Crippen molar-refractivity contribution in [3.05, 3.63) is 130 Å². The summed E-state index contributed by atoms with van der Waals surface area (Å²) in [6.45, 7) is 18.2. The van der Waals surface area contributed by atoms with E-state index in [1.54, 1.807) is 5.56 Å². The number of carbonyl (C=O) groups excluding carboxylic acids is 7. The van der Waals surface area contributed by atoms with Gasteiger partial charge >= 0.3 is 5.97 Å². The van der Waals surface area contributed by atoms with Crippen LogP contribution in [0.4, 0.5) is 0 Å². The maximum absolute atomic E-state index is 13.6. The number of benzene rings is 3. The van der Waals surface area contributed by atoms with Crippen molar-refractivity contribution in [1.82, 2.24) is 21.3 Å². The van der Waals surface area contributed by atoms with Crippen LogP contribution in [0.2, 0.25) is 0 Å². The number of allylic oxidation sites excluding steroid dienone is 4. The molecule has 4 amide bonds. The summed E-state index contributed by atoms with van der Waals surface area (Å²) in [6, 6.07) is 25.6. The number of hydrogen-bond donors (Lipinski definition) is 9. The Kier molecular flexibility index (Phi) is 100. The van der Waals surface area contributed by atoms with Gasteiger partial charge in [0.25, 0.3) is 0 Å². The number of nitrogens with one attached hydrogen (secondary N) is 4. The average molecular weight is 2030 g/mol. The first kappa shape index (κ1) is 139. The van der Waals surface area contributed by atoms with E-state index in [4.69, 9.17) is 35.0 Å². The molecule has 2 aliphatic carbocycles. The predicted molar refractivity (Wildman–Crippen MR) is 612 cm³/mol. The number of Topliss-reactive ketones (excluding diaryl/α,β-unsaturated/α-hetero) is 2. The summed E-state index contributed by atoms with van der Waals surface area (Å²) in [5.41, 5.74) is 7.07. The lowest BCUT2D eigenvalue weighted by molar-refractivity contribution is -0.145. The van der Waals surface area contributed by atoms with Crippen molar-refractivity contribution in [2.24, 2.45) is 23.7 Å². The molecule has 145 heavy (non-hydrogen) atoms. The van der Waals surface area contributed by atoms with Crippen LogP contribution in [0, 0.1) is 37.5 Å². The fraction of sp³-hybridized carbons (Fsp3) is 0.772. The predicted octanol–water partition coefficient (Wildman–Crippen LogP) is 31.6. The van der Waals surface area contributed by atoms with E-state index >= 15 is 0 Å². The number of aliphatic hydroxyl groups is 5. The Labute approximate surface area is 888 Å². The van der Waals surface area contributed by atoms with Gasteiger partial charge in [-0.1, -0.05) is 484 Å². The number of unbranched alkanes of at least 4 members (excludes halogenated alkanes) is 52. The molecule has 3 aromatic rings. The molecule has 0 bridgehead atoms. The van der Waals surface area contributed by atoms with Crippen LogP contribution in [0.5, 0.6) is 0 Å². The SMILES string of the molecule is C.CCCCCCC1C=CC(CCCCCCCC(=O)NCCO)C2C(=O)c3ccccc3C(=O)C12.CCCCCCCC/C=C\CCCCCCCC(=O)OCCOCCO.CCCCCCCCCC(CCCCCCCC(=O)NCCO)c1cc(C)cc(C)c1.CCCCCCCCCC(CCCCCCCC(=O)NCCO)c1ccccc1.CCCCCCCCCCCCCCCCCC(=O)NCCO. The molecular weight excluding hydrogens is 1810 g/mol. The summed E-state index contributed by atoms with van der Waals surface area (Å²) in [7, 11) is 0. The zero-order valence-corrected chi connectivity index (χ0v) is 93.5. The van der Waals surface area contributed by atoms with Crippen LogP contribution in [-0.2, 0) is 33.4 Å². The minimum atomic E-state index is -0.228. The molecule has 6 unspecified atom stereocenters. The molecule has 0 aliphatic heterocycles. The van der Waals surface area contributed by atoms with Crippen LogP contribution < -0.4 is 21.3 Å². The fourth-order valence-electron chi connectivity index (χ4n) is 20.2. The second kappa shape index (κ2) is 105. The number of rotatable bonds is 91. The zero-order valence-electron chi connectivity index (χ0n) is 93.5. The molecule has 6 atom stereocenters. The largest absolute Gasteiger partial charge is 0.463 e. The molecule has 0 fully saturated rings. The van der Waals surface area contributed by atoms with Crippen LogP contribution >= 0.6 is 0 Å². The van der Waals surface area contributed by atoms with Crippen molar-refractivity contribution < 1.29 is 68.6 Å². The molecule has 0 heterocycles. The van der Waals surface area contributed by atoms with E-state index in [1.807, 2.05) is 24.3 Å². The summed E-state index contributed by atoms with van der Waals surface area (Å²) in [4.78, 5) is 84.7. The number of aliphatic hydroxyl groups excluding tert-OH is 5. The van der Waals surface area contributed by atoms with Crippen molar-refractivity contribution >= 4 is 41.2 Å². The van der Waals surface area contributed by atoms with Crippen molar-refractivity contribution in [1.29, 1.82) is 0 Å². The van der Waals surface area contributed by atoms with Crippen LogP contribution in [-0.4, -0.2) is 146 Å². The lowest BCUT2D eigenvalue weighted by Crippen LogP contribution is -2.45. The Morgan fingerprint density at radius 3 is 0.883 bits per heavy atom. The van der Waals surface area contributed by atoms with Gasteiger partial charge < -0.3 is 56.3 Å². The third-order valence-electron chi connectivity index (χ3n) is 28.6. The van der Waals surface area contributed by atoms with Crippen LogP contribution in [0.15, 0.2) is 97.1 Å². The minimum Gasteiger partial charge on any atom is -0.463 e. The van der Waals surface area contributed by atoms with Gasteiger partial charge in [-0.3, -0.25) is 33.6 Å². The summed E-state index contributed by atoms with van der Waals surface area (Å²) in [6.07, 6.45) is 96.3. The van der Waals surface area contributed by atoms with Gasteiger partial charge in [-0.2, -0.15) is 0 Å². The van der Waals surface area contributed by atoms with Gasteiger partial charge in [-0.05, 0) is 145 Å². The number of hydrogen-bond acceptors (Lipinski definition) is 14. The van der Waals surface area contributed by atoms with Crippen molar-refractivity contribution in [3.8, 4) is 0 Å². The van der Waals surface area contributed by atoms with Crippen LogP contribution in [0.1, 0.15) is 559 Å². The lowest BCUT2D eigenvalue weighted by Gasteiger charge is -2.41. The van der Waals surface area contributed by atoms with E-state index in [9.17, 15) is 33.6 Å². The third kappa shape index (κ3) is 81.1. The molecule has 18 nitrogen and oxygen atoms in total. The molecule has 2 aliphatic rings. The van der Waals surface area contributed by atoms with Gasteiger partial charge in [0, 0.05) is 81.2 Å². The summed E-state index contributed by atoms with van der Waals surface area (Å²) in [5.74, 6) is 1.64. The number of ether oxygens (including phenoxy) is 2. The molecule has 18 heteroatoms. The molecule has 0 aromatic heterocycles. The van der Waals surface area contributed by atoms with Gasteiger partial charge in [0.2, 0.25) is 23.6 Å². The highest BCUT2D eigenvalue weighted by Gasteiger charge is 2.48. The molecule has 836 valence electrons. The lowest BCUT2D eigenvalue weighted by atomic mass is 9.60. The highest BCUT2D eigenvalue weighted by molar-refractivity contribution is 6.16. The van der Waals surface area contributed by atoms with E-state index in [0.29, 0.717) is 94.5 Å². The first-order valence-corrected chi connectivity index (χ1v) is 60.0. The minimum absolute atomic E-state index is 0. The highest BCUT2D eigenvalue weighted by Crippen LogP contribution is 2.46. The Bertz CT molecular complexity index is 3490. The fourth-order valence-corrected chi connectivity index (χ4v) is 20.2. The van der Waals surface area contributed by atoms with Crippen molar-refractivity contribution in [3.63, 3.8) is 0 Å². The second-order valence-electron chi connectivity index (χ2n) is 41.7. The Morgan fingerprint density at radius 1 is 0.303 bits per heavy atom. The topological polar surface area (TPSA) is 287 Å². The van der Waals surface area contributed by atoms with Gasteiger partial charge in [0.1, 0.15) is 6.61 Å². The van der Waals surface area contributed by atoms with E-state index in [2.05, 4.69) is 143 Å². The van der Waals surface area contributed by atoms with E-state index < -0.39 is 0 Å². The second-order valence-corrected chi connectivity index (χ2v) is 41.7. The zero-order chi connectivity index (χ0) is 105. The van der Waals surface area contributed by atoms with Crippen molar-refractivity contribution in [2.45, 2.75) is 530 Å². The first-order valence-electron chi connectivity index (χ1n) is 60.0. The van der Waals surface area contributed by atoms with Gasteiger partial charge in [0.15, 0.2) is 11.6 Å². The highest BCUT2D eigenvalue weighted by atomic mass is 16.6. The van der Waals surface area contributed by atoms with Crippen LogP contribution in [0.3, 0.4) is 0 Å². The molecule has 5 rings (SSSR count). The number of aryl methyl sites for hydroxylation is 2. The molecule has 9 N–H and O–H groups in total. The van der Waals surface area contributed by atoms with E-state index in [-0.39, 0.29) is 112 Å². The Balaban J connectivity index is 0.00000180. The maximum atomic E-state index is 13.6. The number of ketones is 2. The Hall–Kier alpha value is -6.41. The number of esters is 1. The average Bonchev–Trinajstić information content (AvgIpc) is 0.741. The molecular formula is C127H224N4O14. The van der Waals surface area contributed by atoms with Gasteiger partial charge in [0.05, 0.1) is 46.2 Å². The summed E-state index contributed by atoms with van der Waals surface area (Å²) < 4.78 is 10.1. The molecule has 3 aromatic carbocycles. The third-order valence-corrected chi connectivity index (χ3v) is 28.6. The number of carbonyl (C=O) groups is 7. The number of fused-ring (bicyclic) bond motifs is 2. The van der Waals surface area contributed by atoms with Gasteiger partial charge in [-0.15, -0.1) is 0 Å². The smallest absolute Gasteiger partial charge is 0.305 e.